The van der Waals surface area contributed by atoms with E-state index >= 15 is 0 Å². The quantitative estimate of drug-likeness (QED) is 0.635. The first-order chi connectivity index (χ1) is 8.43. The first kappa shape index (κ1) is 14.0. The van der Waals surface area contributed by atoms with Crippen molar-refractivity contribution in [3.63, 3.8) is 0 Å². The topological polar surface area (TPSA) is 42.4 Å². The lowest BCUT2D eigenvalue weighted by Gasteiger charge is -2.05. The lowest BCUT2D eigenvalue weighted by atomic mass is 10.1. The molecule has 0 saturated heterocycles. The summed E-state index contributed by atoms with van der Waals surface area (Å²) in [7, 11) is 0. The zero-order valence-electron chi connectivity index (χ0n) is 10.5. The second kappa shape index (κ2) is 10.1. The fourth-order valence-corrected chi connectivity index (χ4v) is 1.72. The fourth-order valence-electron chi connectivity index (χ4n) is 1.72. The number of rotatable bonds is 10. The minimum absolute atomic E-state index is 0.332. The molecule has 0 amide bonds. The van der Waals surface area contributed by atoms with Crippen LogP contribution in [0.25, 0.3) is 0 Å². The Kier molecular flexibility index (Phi) is 8.29. The van der Waals surface area contributed by atoms with Crippen LogP contribution in [0.2, 0.25) is 0 Å². The van der Waals surface area contributed by atoms with Crippen LogP contribution >= 0.6 is 0 Å². The zero-order valence-corrected chi connectivity index (χ0v) is 10.5. The number of unbranched alkanes of at least 4 members (excludes halogenated alkanes) is 6. The van der Waals surface area contributed by atoms with E-state index in [4.69, 9.17) is 9.84 Å². The molecule has 0 saturated carbocycles. The molecular formula is C14H23NO2. The predicted molar refractivity (Wildman–Crippen MR) is 69.1 cm³/mol. The summed E-state index contributed by atoms with van der Waals surface area (Å²) in [4.78, 5) is 4.00. The molecular weight excluding hydrogens is 214 g/mol. The van der Waals surface area contributed by atoms with Crippen LogP contribution < -0.4 is 4.74 Å². The average molecular weight is 237 g/mol. The van der Waals surface area contributed by atoms with Crippen molar-refractivity contribution in [1.29, 1.82) is 0 Å². The van der Waals surface area contributed by atoms with E-state index in [1.54, 1.807) is 12.4 Å². The first-order valence-corrected chi connectivity index (χ1v) is 6.57. The van der Waals surface area contributed by atoms with Gasteiger partial charge in [-0.05, 0) is 25.0 Å². The van der Waals surface area contributed by atoms with Crippen LogP contribution in [-0.2, 0) is 0 Å². The maximum atomic E-state index is 8.63. The molecule has 0 aliphatic carbocycles. The van der Waals surface area contributed by atoms with E-state index in [1.807, 2.05) is 12.1 Å². The third-order valence-electron chi connectivity index (χ3n) is 2.71. The van der Waals surface area contributed by atoms with Crippen LogP contribution in [0.5, 0.6) is 5.75 Å². The monoisotopic (exact) mass is 237 g/mol. The van der Waals surface area contributed by atoms with Crippen LogP contribution in [0.1, 0.15) is 44.9 Å². The summed E-state index contributed by atoms with van der Waals surface area (Å²) >= 11 is 0. The second-order valence-electron chi connectivity index (χ2n) is 4.24. The van der Waals surface area contributed by atoms with Gasteiger partial charge in [-0.2, -0.15) is 0 Å². The van der Waals surface area contributed by atoms with Crippen molar-refractivity contribution in [2.75, 3.05) is 13.2 Å². The number of nitrogens with zero attached hydrogens (tertiary/aromatic N) is 1. The van der Waals surface area contributed by atoms with Crippen LogP contribution in [0.15, 0.2) is 24.5 Å². The van der Waals surface area contributed by atoms with Gasteiger partial charge in [0, 0.05) is 12.8 Å². The Balaban J connectivity index is 1.85. The normalized spacial score (nSPS) is 10.4. The van der Waals surface area contributed by atoms with Gasteiger partial charge in [0.25, 0.3) is 0 Å². The Hall–Kier alpha value is -1.09. The van der Waals surface area contributed by atoms with Crippen LogP contribution in [0, 0.1) is 0 Å². The molecule has 0 fully saturated rings. The molecule has 0 spiro atoms. The van der Waals surface area contributed by atoms with Crippen molar-refractivity contribution in [3.8, 4) is 5.75 Å². The van der Waals surface area contributed by atoms with Crippen LogP contribution in [0.4, 0.5) is 0 Å². The molecule has 1 N–H and O–H groups in total. The number of aromatic nitrogens is 1. The Morgan fingerprint density at radius 1 is 1.00 bits per heavy atom. The molecule has 96 valence electrons. The number of hydrogen-bond acceptors (Lipinski definition) is 3. The van der Waals surface area contributed by atoms with E-state index in [9.17, 15) is 0 Å². The van der Waals surface area contributed by atoms with E-state index < -0.39 is 0 Å². The third-order valence-corrected chi connectivity index (χ3v) is 2.71. The van der Waals surface area contributed by atoms with Crippen LogP contribution in [0.3, 0.4) is 0 Å². The molecule has 0 atom stereocenters. The smallest absolute Gasteiger partial charge is 0.137 e. The first-order valence-electron chi connectivity index (χ1n) is 6.57. The van der Waals surface area contributed by atoms with Crippen molar-refractivity contribution in [2.24, 2.45) is 0 Å². The van der Waals surface area contributed by atoms with Crippen molar-refractivity contribution < 1.29 is 9.84 Å². The summed E-state index contributed by atoms with van der Waals surface area (Å²) < 4.78 is 5.56. The second-order valence-corrected chi connectivity index (χ2v) is 4.24. The minimum Gasteiger partial charge on any atom is -0.492 e. The van der Waals surface area contributed by atoms with Crippen LogP contribution in [-0.4, -0.2) is 23.3 Å². The summed E-state index contributed by atoms with van der Waals surface area (Å²) in [6.07, 6.45) is 11.7. The molecule has 3 heteroatoms. The van der Waals surface area contributed by atoms with E-state index in [-0.39, 0.29) is 0 Å². The number of hydrogen-bond donors (Lipinski definition) is 1. The van der Waals surface area contributed by atoms with Crippen molar-refractivity contribution >= 4 is 0 Å². The molecule has 0 bridgehead atoms. The number of aliphatic hydroxyl groups excluding tert-OH is 1. The van der Waals surface area contributed by atoms with E-state index in [1.165, 1.54) is 25.7 Å². The van der Waals surface area contributed by atoms with Gasteiger partial charge in [-0.15, -0.1) is 0 Å². The van der Waals surface area contributed by atoms with Gasteiger partial charge >= 0.3 is 0 Å². The van der Waals surface area contributed by atoms with Gasteiger partial charge in [0.2, 0.25) is 0 Å². The maximum Gasteiger partial charge on any atom is 0.137 e. The third kappa shape index (κ3) is 7.75. The molecule has 0 aromatic carbocycles. The van der Waals surface area contributed by atoms with Gasteiger partial charge < -0.3 is 9.84 Å². The lowest BCUT2D eigenvalue weighted by Crippen LogP contribution is -1.97. The highest BCUT2D eigenvalue weighted by atomic mass is 16.5. The van der Waals surface area contributed by atoms with Gasteiger partial charge in [-0.25, -0.2) is 0 Å². The van der Waals surface area contributed by atoms with E-state index in [2.05, 4.69) is 4.98 Å². The van der Waals surface area contributed by atoms with Crippen molar-refractivity contribution in [1.82, 2.24) is 4.98 Å². The number of pyridine rings is 1. The molecule has 0 aliphatic heterocycles. The number of ether oxygens (including phenoxy) is 1. The lowest BCUT2D eigenvalue weighted by molar-refractivity contribution is 0.281. The molecule has 3 nitrogen and oxygen atoms in total. The molecule has 1 aromatic rings. The van der Waals surface area contributed by atoms with E-state index in [0.717, 1.165) is 31.6 Å². The standard InChI is InChI=1S/C14H23NO2/c16-11-6-4-2-1-3-5-7-12-17-14-9-8-10-15-13-14/h8-10,13,16H,1-7,11-12H2. The highest BCUT2D eigenvalue weighted by Crippen LogP contribution is 2.09. The highest BCUT2D eigenvalue weighted by Gasteiger charge is 1.94. The summed E-state index contributed by atoms with van der Waals surface area (Å²) in [5.74, 6) is 0.857. The molecule has 1 heterocycles. The van der Waals surface area contributed by atoms with Gasteiger partial charge in [-0.1, -0.05) is 32.1 Å². The summed E-state index contributed by atoms with van der Waals surface area (Å²) in [6, 6.07) is 3.82. The Morgan fingerprint density at radius 3 is 2.35 bits per heavy atom. The molecule has 17 heavy (non-hydrogen) atoms. The minimum atomic E-state index is 0.332. The van der Waals surface area contributed by atoms with Gasteiger partial charge in [-0.3, -0.25) is 4.98 Å². The summed E-state index contributed by atoms with van der Waals surface area (Å²) in [5, 5.41) is 8.63. The molecule has 1 aromatic heterocycles. The average Bonchev–Trinajstić information content (AvgIpc) is 2.38. The van der Waals surface area contributed by atoms with Crippen molar-refractivity contribution in [3.05, 3.63) is 24.5 Å². The summed E-state index contributed by atoms with van der Waals surface area (Å²) in [5.41, 5.74) is 0. The maximum absolute atomic E-state index is 8.63. The molecule has 1 rings (SSSR count). The zero-order chi connectivity index (χ0) is 12.2. The Labute approximate surface area is 104 Å². The fraction of sp³-hybridized carbons (Fsp3) is 0.643. The van der Waals surface area contributed by atoms with E-state index in [0.29, 0.717) is 6.61 Å². The molecule has 0 aliphatic rings. The Bertz CT molecular complexity index is 264. The number of aliphatic hydroxyl groups is 1. The summed E-state index contributed by atoms with van der Waals surface area (Å²) in [6.45, 7) is 1.11. The van der Waals surface area contributed by atoms with Crippen molar-refractivity contribution in [2.45, 2.75) is 44.9 Å². The predicted octanol–water partition coefficient (Wildman–Crippen LogP) is 3.18. The molecule has 0 unspecified atom stereocenters. The Morgan fingerprint density at radius 2 is 1.71 bits per heavy atom. The SMILES string of the molecule is OCCCCCCCCCOc1cccnc1. The van der Waals surface area contributed by atoms with Gasteiger partial charge in [0.15, 0.2) is 0 Å². The van der Waals surface area contributed by atoms with Gasteiger partial charge in [0.05, 0.1) is 12.8 Å². The van der Waals surface area contributed by atoms with Gasteiger partial charge in [0.1, 0.15) is 5.75 Å². The largest absolute Gasteiger partial charge is 0.492 e. The highest BCUT2D eigenvalue weighted by molar-refractivity contribution is 5.15. The molecule has 0 radical (unpaired) electrons.